The zero-order valence-corrected chi connectivity index (χ0v) is 39.9. The van der Waals surface area contributed by atoms with Gasteiger partial charge >= 0.3 is 0 Å². The van der Waals surface area contributed by atoms with Crippen molar-refractivity contribution in [3.8, 4) is 11.8 Å². The largest absolute Gasteiger partial charge is 0.379 e. The zero-order valence-electron chi connectivity index (χ0n) is 39.1. The van der Waals surface area contributed by atoms with Crippen LogP contribution in [0, 0.1) is 11.8 Å². The molecule has 2 aromatic rings. The van der Waals surface area contributed by atoms with Gasteiger partial charge in [0.05, 0.1) is 118 Å². The summed E-state index contributed by atoms with van der Waals surface area (Å²) in [5.41, 5.74) is 2.89. The molecule has 2 aliphatic heterocycles. The van der Waals surface area contributed by atoms with E-state index in [-0.39, 0.29) is 70.5 Å². The second-order valence-corrected chi connectivity index (χ2v) is 16.8. The number of anilines is 1. The lowest BCUT2D eigenvalue weighted by molar-refractivity contribution is -0.137. The smallest absolute Gasteiger partial charge is 0.278 e. The van der Waals surface area contributed by atoms with Crippen LogP contribution in [0.15, 0.2) is 60.7 Å². The summed E-state index contributed by atoms with van der Waals surface area (Å²) in [6.45, 7) is 4.89. The van der Waals surface area contributed by atoms with Crippen molar-refractivity contribution in [1.29, 1.82) is 0 Å². The van der Waals surface area contributed by atoms with Crippen LogP contribution in [0.4, 0.5) is 5.69 Å². The molecule has 4 rings (SSSR count). The normalized spacial score (nSPS) is 13.4. The quantitative estimate of drug-likeness (QED) is 0.0295. The average molecular weight is 1000 g/mol. The number of carbonyl (C=O) groups is 6. The lowest BCUT2D eigenvalue weighted by Crippen LogP contribution is -2.47. The monoisotopic (exact) mass is 1000 g/mol. The molecule has 0 aliphatic carbocycles. The fraction of sp³-hybridized carbons (Fsp3) is 0.532. The summed E-state index contributed by atoms with van der Waals surface area (Å²) < 4.78 is 77.3. The highest BCUT2D eigenvalue weighted by Gasteiger charge is 2.32. The summed E-state index contributed by atoms with van der Waals surface area (Å²) in [7, 11) is -4.91. The van der Waals surface area contributed by atoms with Crippen LogP contribution in [0.2, 0.25) is 0 Å². The number of amides is 6. The predicted octanol–water partition coefficient (Wildman–Crippen LogP) is -0.234. The first kappa shape index (κ1) is 56.9. The average Bonchev–Trinajstić information content (AvgIpc) is 3.66. The lowest BCUT2D eigenvalue weighted by Gasteiger charge is -2.26. The van der Waals surface area contributed by atoms with Gasteiger partial charge in [0.15, 0.2) is 5.25 Å². The van der Waals surface area contributed by atoms with E-state index >= 15 is 0 Å². The van der Waals surface area contributed by atoms with Crippen LogP contribution in [0.1, 0.15) is 36.0 Å². The molecular formula is C47H63N5O17S. The SMILES string of the molecule is O=C(CCN1C(=O)C=CC1=O)NCCOCCOCCOCCOCCOCCOCCOCCOCCC(=O)NCC(C(=O)NCCC(=O)N1Cc2ccccc2C#Cc2ccccc21)S(=O)(=O)O. The number of benzene rings is 2. The van der Waals surface area contributed by atoms with Crippen LogP contribution >= 0.6 is 0 Å². The van der Waals surface area contributed by atoms with E-state index in [9.17, 15) is 41.7 Å². The van der Waals surface area contributed by atoms with Gasteiger partial charge in [0.2, 0.25) is 23.6 Å². The number of hydrogen-bond donors (Lipinski definition) is 4. The van der Waals surface area contributed by atoms with Gasteiger partial charge in [0.25, 0.3) is 21.9 Å². The number of imide groups is 1. The van der Waals surface area contributed by atoms with Crippen LogP contribution in [0.25, 0.3) is 0 Å². The molecule has 70 heavy (non-hydrogen) atoms. The molecule has 23 heteroatoms. The minimum absolute atomic E-state index is 0.00204. The number of fused-ring (bicyclic) bond motifs is 2. The molecule has 0 bridgehead atoms. The molecule has 0 spiro atoms. The molecule has 6 amide bonds. The Morgan fingerprint density at radius 1 is 0.571 bits per heavy atom. The third-order valence-corrected chi connectivity index (χ3v) is 11.2. The Morgan fingerprint density at radius 3 is 1.60 bits per heavy atom. The Labute approximate surface area is 407 Å². The van der Waals surface area contributed by atoms with Crippen molar-refractivity contribution >= 4 is 51.2 Å². The van der Waals surface area contributed by atoms with Crippen molar-refractivity contribution in [1.82, 2.24) is 20.9 Å². The number of carbonyl (C=O) groups excluding carboxylic acids is 6. The van der Waals surface area contributed by atoms with Gasteiger partial charge in [-0.2, -0.15) is 8.42 Å². The highest BCUT2D eigenvalue weighted by atomic mass is 32.2. The maximum Gasteiger partial charge on any atom is 0.278 e. The van der Waals surface area contributed by atoms with E-state index in [1.807, 2.05) is 30.3 Å². The molecule has 0 saturated carbocycles. The van der Waals surface area contributed by atoms with Crippen LogP contribution < -0.4 is 20.9 Å². The van der Waals surface area contributed by atoms with E-state index in [4.69, 9.17) is 37.9 Å². The van der Waals surface area contributed by atoms with Crippen LogP contribution in [-0.2, 0) is 83.3 Å². The maximum atomic E-state index is 13.4. The van der Waals surface area contributed by atoms with Gasteiger partial charge in [-0.3, -0.25) is 38.2 Å². The fourth-order valence-corrected chi connectivity index (χ4v) is 7.05. The lowest BCUT2D eigenvalue weighted by atomic mass is 10.0. The maximum absolute atomic E-state index is 13.4. The highest BCUT2D eigenvalue weighted by molar-refractivity contribution is 7.87. The molecule has 4 N–H and O–H groups in total. The van der Waals surface area contributed by atoms with Gasteiger partial charge in [-0.1, -0.05) is 42.2 Å². The van der Waals surface area contributed by atoms with E-state index in [2.05, 4.69) is 27.8 Å². The Kier molecular flexibility index (Phi) is 26.9. The summed E-state index contributed by atoms with van der Waals surface area (Å²) >= 11 is 0. The Bertz CT molecular complexity index is 2180. The standard InChI is InChI=1S/C47H63N5O17S/c53-42(14-18-51-44(55)11-12-45(51)56)48-17-20-63-22-24-65-26-28-67-30-32-69-34-33-68-31-29-66-27-25-64-23-21-62-19-15-43(54)50-35-41(70(59,60)61)47(58)49-16-13-46(57)52-36-39-7-2-1-5-37(39)9-10-38-6-3-4-8-40(38)52/h1-8,11-12,41H,13-36H2,(H,48,53)(H,49,58)(H,50,54)(H,59,60,61). The zero-order chi connectivity index (χ0) is 50.2. The van der Waals surface area contributed by atoms with Crippen molar-refractivity contribution in [2.75, 3.05) is 137 Å². The van der Waals surface area contributed by atoms with Crippen molar-refractivity contribution < 1.29 is 79.6 Å². The summed E-state index contributed by atoms with van der Waals surface area (Å²) in [5, 5.41) is 5.39. The van der Waals surface area contributed by atoms with Crippen LogP contribution in [-0.4, -0.2) is 190 Å². The fourth-order valence-electron chi connectivity index (χ4n) is 6.40. The van der Waals surface area contributed by atoms with E-state index in [0.29, 0.717) is 104 Å². The molecular weight excluding hydrogens is 939 g/mol. The number of ether oxygens (including phenoxy) is 8. The molecule has 384 valence electrons. The van der Waals surface area contributed by atoms with Crippen LogP contribution in [0.3, 0.4) is 0 Å². The number of para-hydroxylation sites is 1. The van der Waals surface area contributed by atoms with Crippen molar-refractivity contribution in [2.45, 2.75) is 31.1 Å². The molecule has 0 radical (unpaired) electrons. The first-order chi connectivity index (χ1) is 33.9. The second-order valence-electron chi connectivity index (χ2n) is 15.2. The van der Waals surface area contributed by atoms with Gasteiger partial charge in [-0.25, -0.2) is 0 Å². The molecule has 2 aromatic carbocycles. The topological polar surface area (TPSA) is 273 Å². The van der Waals surface area contributed by atoms with Crippen molar-refractivity contribution in [3.63, 3.8) is 0 Å². The number of rotatable bonds is 37. The molecule has 22 nitrogen and oxygen atoms in total. The molecule has 2 aliphatic rings. The summed E-state index contributed by atoms with van der Waals surface area (Å²) in [6.07, 6.45) is 2.07. The van der Waals surface area contributed by atoms with Crippen molar-refractivity contribution in [2.24, 2.45) is 0 Å². The molecule has 2 heterocycles. The summed E-state index contributed by atoms with van der Waals surface area (Å²) in [4.78, 5) is 76.0. The van der Waals surface area contributed by atoms with Gasteiger partial charge in [0.1, 0.15) is 0 Å². The van der Waals surface area contributed by atoms with Gasteiger partial charge in [-0.05, 0) is 23.8 Å². The van der Waals surface area contributed by atoms with Gasteiger partial charge in [0, 0.05) is 68.7 Å². The third-order valence-electron chi connectivity index (χ3n) is 10.1. The first-order valence-electron chi connectivity index (χ1n) is 22.9. The minimum Gasteiger partial charge on any atom is -0.379 e. The molecule has 1 unspecified atom stereocenters. The van der Waals surface area contributed by atoms with Gasteiger partial charge < -0.3 is 58.7 Å². The van der Waals surface area contributed by atoms with Crippen LogP contribution in [0.5, 0.6) is 0 Å². The second kappa shape index (κ2) is 33.0. The minimum atomic E-state index is -4.91. The predicted molar refractivity (Wildman–Crippen MR) is 251 cm³/mol. The van der Waals surface area contributed by atoms with E-state index < -0.39 is 45.5 Å². The van der Waals surface area contributed by atoms with Crippen molar-refractivity contribution in [3.05, 3.63) is 77.4 Å². The third kappa shape index (κ3) is 22.4. The molecule has 0 saturated heterocycles. The molecule has 0 fully saturated rings. The first-order valence-corrected chi connectivity index (χ1v) is 24.4. The number of nitrogens with zero attached hydrogens (tertiary/aromatic N) is 2. The Hall–Kier alpha value is -5.65. The molecule has 1 atom stereocenters. The number of nitrogens with one attached hydrogen (secondary N) is 3. The highest BCUT2D eigenvalue weighted by Crippen LogP contribution is 2.26. The van der Waals surface area contributed by atoms with E-state index in [0.717, 1.165) is 16.0 Å². The summed E-state index contributed by atoms with van der Waals surface area (Å²) in [5.74, 6) is 3.13. The molecule has 0 aromatic heterocycles. The summed E-state index contributed by atoms with van der Waals surface area (Å²) in [6, 6.07) is 14.6. The van der Waals surface area contributed by atoms with E-state index in [1.54, 1.807) is 23.1 Å². The Morgan fingerprint density at radius 2 is 1.04 bits per heavy atom. The van der Waals surface area contributed by atoms with Gasteiger partial charge in [-0.15, -0.1) is 0 Å². The Balaban J connectivity index is 0.884. The number of hydrogen-bond acceptors (Lipinski definition) is 16. The van der Waals surface area contributed by atoms with E-state index in [1.165, 1.54) is 12.2 Å².